The topological polar surface area (TPSA) is 56.3 Å². The highest BCUT2D eigenvalue weighted by Crippen LogP contribution is 2.12. The molecule has 0 aromatic carbocycles. The van der Waals surface area contributed by atoms with Crippen LogP contribution in [0.3, 0.4) is 0 Å². The van der Waals surface area contributed by atoms with Crippen molar-refractivity contribution in [2.45, 2.75) is 33.2 Å². The third-order valence-electron chi connectivity index (χ3n) is 2.42. The summed E-state index contributed by atoms with van der Waals surface area (Å²) >= 11 is 0. The maximum atomic E-state index is 5.60. The minimum Gasteiger partial charge on any atom is -0.475 e. The molecule has 0 unspecified atom stereocenters. The molecule has 102 valence electrons. The van der Waals surface area contributed by atoms with Gasteiger partial charge in [-0.05, 0) is 13.0 Å². The van der Waals surface area contributed by atoms with Gasteiger partial charge in [0.15, 0.2) is 0 Å². The van der Waals surface area contributed by atoms with Gasteiger partial charge in [-0.15, -0.1) is 0 Å². The molecular formula is C13H23N3O2. The van der Waals surface area contributed by atoms with Crippen LogP contribution in [0.1, 0.15) is 32.3 Å². The summed E-state index contributed by atoms with van der Waals surface area (Å²) in [7, 11) is 0. The second-order valence-electron chi connectivity index (χ2n) is 3.95. The SMILES string of the molecule is CCCCOCCOc1ncncc1CNCC. The smallest absolute Gasteiger partial charge is 0.221 e. The van der Waals surface area contributed by atoms with Crippen LogP contribution in [-0.2, 0) is 11.3 Å². The van der Waals surface area contributed by atoms with Crippen molar-refractivity contribution in [3.8, 4) is 5.88 Å². The Morgan fingerprint density at radius 1 is 1.22 bits per heavy atom. The predicted octanol–water partition coefficient (Wildman–Crippen LogP) is 1.78. The van der Waals surface area contributed by atoms with Crippen molar-refractivity contribution in [1.82, 2.24) is 15.3 Å². The van der Waals surface area contributed by atoms with Crippen LogP contribution in [0, 0.1) is 0 Å². The lowest BCUT2D eigenvalue weighted by molar-refractivity contribution is 0.0960. The highest BCUT2D eigenvalue weighted by Gasteiger charge is 2.04. The Morgan fingerprint density at radius 2 is 2.11 bits per heavy atom. The fourth-order valence-electron chi connectivity index (χ4n) is 1.40. The molecular weight excluding hydrogens is 230 g/mol. The van der Waals surface area contributed by atoms with Crippen LogP contribution in [0.2, 0.25) is 0 Å². The number of aromatic nitrogens is 2. The minimum atomic E-state index is 0.528. The van der Waals surface area contributed by atoms with Crippen molar-refractivity contribution in [1.29, 1.82) is 0 Å². The first-order valence-corrected chi connectivity index (χ1v) is 6.58. The van der Waals surface area contributed by atoms with E-state index in [-0.39, 0.29) is 0 Å². The van der Waals surface area contributed by atoms with Gasteiger partial charge in [0.2, 0.25) is 5.88 Å². The lowest BCUT2D eigenvalue weighted by Gasteiger charge is -2.10. The van der Waals surface area contributed by atoms with Crippen LogP contribution < -0.4 is 10.1 Å². The summed E-state index contributed by atoms with van der Waals surface area (Å²) in [5.74, 6) is 0.644. The Bertz CT molecular complexity index is 321. The van der Waals surface area contributed by atoms with Gasteiger partial charge in [-0.1, -0.05) is 20.3 Å². The zero-order valence-electron chi connectivity index (χ0n) is 11.3. The van der Waals surface area contributed by atoms with Gasteiger partial charge < -0.3 is 14.8 Å². The van der Waals surface area contributed by atoms with Crippen LogP contribution in [0.4, 0.5) is 0 Å². The lowest BCUT2D eigenvalue weighted by atomic mass is 10.3. The van der Waals surface area contributed by atoms with Crippen molar-refractivity contribution < 1.29 is 9.47 Å². The molecule has 0 saturated heterocycles. The molecule has 0 aliphatic carbocycles. The van der Waals surface area contributed by atoms with Crippen LogP contribution >= 0.6 is 0 Å². The van der Waals surface area contributed by atoms with Crippen LogP contribution in [0.25, 0.3) is 0 Å². The first kappa shape index (κ1) is 14.9. The van der Waals surface area contributed by atoms with Crippen LogP contribution in [0.5, 0.6) is 5.88 Å². The van der Waals surface area contributed by atoms with E-state index in [4.69, 9.17) is 9.47 Å². The Hall–Kier alpha value is -1.20. The van der Waals surface area contributed by atoms with Crippen LogP contribution in [-0.4, -0.2) is 36.3 Å². The first-order chi connectivity index (χ1) is 8.88. The van der Waals surface area contributed by atoms with Crippen LogP contribution in [0.15, 0.2) is 12.5 Å². The Balaban J connectivity index is 2.27. The molecule has 0 aliphatic heterocycles. The fourth-order valence-corrected chi connectivity index (χ4v) is 1.40. The molecule has 0 saturated carbocycles. The molecule has 1 aromatic heterocycles. The highest BCUT2D eigenvalue weighted by molar-refractivity contribution is 5.21. The van der Waals surface area contributed by atoms with Gasteiger partial charge in [-0.25, -0.2) is 9.97 Å². The monoisotopic (exact) mass is 253 g/mol. The quantitative estimate of drug-likeness (QED) is 0.644. The van der Waals surface area contributed by atoms with Crippen molar-refractivity contribution in [2.24, 2.45) is 0 Å². The summed E-state index contributed by atoms with van der Waals surface area (Å²) < 4.78 is 11.0. The van der Waals surface area contributed by atoms with Gasteiger partial charge in [-0.3, -0.25) is 0 Å². The average Bonchev–Trinajstić information content (AvgIpc) is 2.41. The van der Waals surface area contributed by atoms with E-state index in [1.807, 2.05) is 0 Å². The van der Waals surface area contributed by atoms with Crippen molar-refractivity contribution >= 4 is 0 Å². The maximum absolute atomic E-state index is 5.60. The molecule has 0 fully saturated rings. The molecule has 5 nitrogen and oxygen atoms in total. The first-order valence-electron chi connectivity index (χ1n) is 6.58. The van der Waals surface area contributed by atoms with Gasteiger partial charge >= 0.3 is 0 Å². The van der Waals surface area contributed by atoms with Crippen molar-refractivity contribution in [2.75, 3.05) is 26.4 Å². The lowest BCUT2D eigenvalue weighted by Crippen LogP contribution is -2.15. The molecule has 0 bridgehead atoms. The number of rotatable bonds is 10. The average molecular weight is 253 g/mol. The van der Waals surface area contributed by atoms with Crippen molar-refractivity contribution in [3.63, 3.8) is 0 Å². The van der Waals surface area contributed by atoms with E-state index in [2.05, 4.69) is 29.1 Å². The number of unbranched alkanes of at least 4 members (excludes halogenated alkanes) is 1. The van der Waals surface area contributed by atoms with Gasteiger partial charge in [0.1, 0.15) is 12.9 Å². The summed E-state index contributed by atoms with van der Waals surface area (Å²) in [4.78, 5) is 8.14. The molecule has 18 heavy (non-hydrogen) atoms. The summed E-state index contributed by atoms with van der Waals surface area (Å²) in [5, 5.41) is 3.23. The molecule has 0 spiro atoms. The van der Waals surface area contributed by atoms with E-state index in [1.54, 1.807) is 6.20 Å². The fraction of sp³-hybridized carbons (Fsp3) is 0.692. The van der Waals surface area contributed by atoms with E-state index in [0.717, 1.165) is 38.1 Å². The second-order valence-corrected chi connectivity index (χ2v) is 3.95. The molecule has 0 amide bonds. The number of hydrogen-bond acceptors (Lipinski definition) is 5. The van der Waals surface area contributed by atoms with E-state index >= 15 is 0 Å². The normalized spacial score (nSPS) is 10.6. The zero-order chi connectivity index (χ0) is 13.1. The van der Waals surface area contributed by atoms with E-state index in [1.165, 1.54) is 6.33 Å². The van der Waals surface area contributed by atoms with Gasteiger partial charge in [-0.2, -0.15) is 0 Å². The molecule has 1 aromatic rings. The molecule has 0 aliphatic rings. The van der Waals surface area contributed by atoms with E-state index < -0.39 is 0 Å². The molecule has 0 radical (unpaired) electrons. The second kappa shape index (κ2) is 9.79. The Labute approximate surface area is 109 Å². The Kier molecular flexibility index (Phi) is 8.08. The summed E-state index contributed by atoms with van der Waals surface area (Å²) in [6.45, 7) is 7.77. The maximum Gasteiger partial charge on any atom is 0.221 e. The zero-order valence-corrected chi connectivity index (χ0v) is 11.3. The summed E-state index contributed by atoms with van der Waals surface area (Å²) in [6, 6.07) is 0. The molecule has 1 heterocycles. The molecule has 1 N–H and O–H groups in total. The largest absolute Gasteiger partial charge is 0.475 e. The van der Waals surface area contributed by atoms with E-state index in [0.29, 0.717) is 19.1 Å². The predicted molar refractivity (Wildman–Crippen MR) is 70.6 cm³/mol. The van der Waals surface area contributed by atoms with E-state index in [9.17, 15) is 0 Å². The third kappa shape index (κ3) is 5.93. The van der Waals surface area contributed by atoms with Gasteiger partial charge in [0.05, 0.1) is 6.61 Å². The Morgan fingerprint density at radius 3 is 2.89 bits per heavy atom. The number of ether oxygens (including phenoxy) is 2. The summed E-state index contributed by atoms with van der Waals surface area (Å²) in [5.41, 5.74) is 0.980. The molecule has 5 heteroatoms. The highest BCUT2D eigenvalue weighted by atomic mass is 16.5. The third-order valence-corrected chi connectivity index (χ3v) is 2.42. The minimum absolute atomic E-state index is 0.528. The van der Waals surface area contributed by atoms with Crippen molar-refractivity contribution in [3.05, 3.63) is 18.1 Å². The number of hydrogen-bond donors (Lipinski definition) is 1. The van der Waals surface area contributed by atoms with Gasteiger partial charge in [0.25, 0.3) is 0 Å². The molecule has 1 rings (SSSR count). The molecule has 0 atom stereocenters. The standard InChI is InChI=1S/C13H23N3O2/c1-3-5-6-17-7-8-18-13-12(9-14-4-2)10-15-11-16-13/h10-11,14H,3-9H2,1-2H3. The summed E-state index contributed by atoms with van der Waals surface area (Å²) in [6.07, 6.45) is 5.53. The van der Waals surface area contributed by atoms with Gasteiger partial charge in [0, 0.05) is 24.9 Å². The number of nitrogens with one attached hydrogen (secondary N) is 1. The number of nitrogens with zero attached hydrogens (tertiary/aromatic N) is 2.